The molecule has 0 saturated carbocycles. The van der Waals surface area contributed by atoms with Crippen LogP contribution in [0.15, 0.2) is 24.3 Å². The molecule has 2 heteroatoms. The van der Waals surface area contributed by atoms with E-state index in [0.717, 1.165) is 19.3 Å². The monoisotopic (exact) mass is 175 g/mol. The Labute approximate surface area is 78.2 Å². The van der Waals surface area contributed by atoms with Gasteiger partial charge in [-0.3, -0.25) is 4.79 Å². The van der Waals surface area contributed by atoms with E-state index >= 15 is 0 Å². The quantitative estimate of drug-likeness (QED) is 0.627. The van der Waals surface area contributed by atoms with Crippen molar-refractivity contribution in [1.82, 2.24) is 4.90 Å². The number of carbonyl (C=O) groups is 1. The van der Waals surface area contributed by atoms with Crippen molar-refractivity contribution in [2.24, 2.45) is 0 Å². The number of fused-ring (bicyclic) bond motifs is 1. The van der Waals surface area contributed by atoms with Gasteiger partial charge in [-0.15, -0.1) is 0 Å². The van der Waals surface area contributed by atoms with Gasteiger partial charge in [0.15, 0.2) is 0 Å². The molecule has 0 aliphatic heterocycles. The number of amides is 1. The van der Waals surface area contributed by atoms with E-state index in [4.69, 9.17) is 0 Å². The minimum absolute atomic E-state index is 0.300. The Balaban J connectivity index is 2.33. The molecule has 0 saturated heterocycles. The second-order valence-corrected chi connectivity index (χ2v) is 3.52. The molecule has 1 amide bonds. The standard InChI is InChI=1S/C11H13NO/c1-12(8-13)11-7-6-9-4-2-3-5-10(9)11/h2-5,8,11H,6-7H2,1H3/t11-/m1/s1. The van der Waals surface area contributed by atoms with Gasteiger partial charge >= 0.3 is 0 Å². The Morgan fingerprint density at radius 1 is 1.46 bits per heavy atom. The first-order valence-corrected chi connectivity index (χ1v) is 4.58. The highest BCUT2D eigenvalue weighted by molar-refractivity contribution is 5.49. The largest absolute Gasteiger partial charge is 0.341 e. The summed E-state index contributed by atoms with van der Waals surface area (Å²) in [5.74, 6) is 0. The van der Waals surface area contributed by atoms with Crippen LogP contribution in [-0.2, 0) is 11.2 Å². The van der Waals surface area contributed by atoms with Crippen molar-refractivity contribution in [3.63, 3.8) is 0 Å². The Kier molecular flexibility index (Phi) is 2.05. The zero-order chi connectivity index (χ0) is 9.26. The summed E-state index contributed by atoms with van der Waals surface area (Å²) >= 11 is 0. The third kappa shape index (κ3) is 1.32. The number of benzene rings is 1. The lowest BCUT2D eigenvalue weighted by Crippen LogP contribution is -2.20. The summed E-state index contributed by atoms with van der Waals surface area (Å²) in [7, 11) is 1.85. The van der Waals surface area contributed by atoms with Crippen LogP contribution < -0.4 is 0 Å². The van der Waals surface area contributed by atoms with Crippen molar-refractivity contribution in [1.29, 1.82) is 0 Å². The molecule has 0 aromatic heterocycles. The van der Waals surface area contributed by atoms with Crippen molar-refractivity contribution in [3.05, 3.63) is 35.4 Å². The van der Waals surface area contributed by atoms with Crippen LogP contribution in [0.2, 0.25) is 0 Å². The number of carbonyl (C=O) groups excluding carboxylic acids is 1. The van der Waals surface area contributed by atoms with Crippen LogP contribution >= 0.6 is 0 Å². The lowest BCUT2D eigenvalue weighted by atomic mass is 10.1. The summed E-state index contributed by atoms with van der Waals surface area (Å²) in [5, 5.41) is 0. The van der Waals surface area contributed by atoms with Crippen molar-refractivity contribution < 1.29 is 4.79 Å². The predicted molar refractivity (Wildman–Crippen MR) is 51.3 cm³/mol. The molecular formula is C11H13NO. The minimum Gasteiger partial charge on any atom is -0.341 e. The third-order valence-electron chi connectivity index (χ3n) is 2.76. The molecule has 1 atom stereocenters. The second kappa shape index (κ2) is 3.21. The fraction of sp³-hybridized carbons (Fsp3) is 0.364. The van der Waals surface area contributed by atoms with E-state index in [-0.39, 0.29) is 0 Å². The molecule has 1 aliphatic rings. The Hall–Kier alpha value is -1.31. The molecule has 1 aromatic rings. The van der Waals surface area contributed by atoms with E-state index < -0.39 is 0 Å². The van der Waals surface area contributed by atoms with Gasteiger partial charge in [0.25, 0.3) is 0 Å². The van der Waals surface area contributed by atoms with Gasteiger partial charge in [-0.05, 0) is 24.0 Å². The van der Waals surface area contributed by atoms with Gasteiger partial charge in [0.05, 0.1) is 6.04 Å². The first kappa shape index (κ1) is 8.30. The van der Waals surface area contributed by atoms with E-state index in [1.54, 1.807) is 4.90 Å². The maximum atomic E-state index is 10.6. The van der Waals surface area contributed by atoms with Crippen LogP contribution in [0, 0.1) is 0 Å². The molecule has 68 valence electrons. The Morgan fingerprint density at radius 2 is 2.23 bits per heavy atom. The van der Waals surface area contributed by atoms with Gasteiger partial charge in [0, 0.05) is 7.05 Å². The predicted octanol–water partition coefficient (Wildman–Crippen LogP) is 1.76. The molecule has 0 radical (unpaired) electrons. The van der Waals surface area contributed by atoms with Gasteiger partial charge in [0.2, 0.25) is 6.41 Å². The lowest BCUT2D eigenvalue weighted by Gasteiger charge is -2.20. The summed E-state index contributed by atoms with van der Waals surface area (Å²) < 4.78 is 0. The highest BCUT2D eigenvalue weighted by atomic mass is 16.1. The van der Waals surface area contributed by atoms with E-state index in [1.165, 1.54) is 11.1 Å². The second-order valence-electron chi connectivity index (χ2n) is 3.52. The zero-order valence-electron chi connectivity index (χ0n) is 7.73. The first-order valence-electron chi connectivity index (χ1n) is 4.58. The molecular weight excluding hydrogens is 162 g/mol. The van der Waals surface area contributed by atoms with Crippen molar-refractivity contribution in [3.8, 4) is 0 Å². The first-order chi connectivity index (χ1) is 6.33. The van der Waals surface area contributed by atoms with E-state index in [0.29, 0.717) is 6.04 Å². The molecule has 2 rings (SSSR count). The number of hydrogen-bond acceptors (Lipinski definition) is 1. The Bertz CT molecular complexity index is 322. The molecule has 0 heterocycles. The van der Waals surface area contributed by atoms with Crippen molar-refractivity contribution in [2.45, 2.75) is 18.9 Å². The summed E-state index contributed by atoms with van der Waals surface area (Å²) in [6, 6.07) is 8.66. The summed E-state index contributed by atoms with van der Waals surface area (Å²) in [6.45, 7) is 0. The molecule has 0 fully saturated rings. The highest BCUT2D eigenvalue weighted by Gasteiger charge is 2.24. The zero-order valence-corrected chi connectivity index (χ0v) is 7.73. The van der Waals surface area contributed by atoms with Crippen LogP contribution in [0.25, 0.3) is 0 Å². The highest BCUT2D eigenvalue weighted by Crippen LogP contribution is 2.33. The molecule has 13 heavy (non-hydrogen) atoms. The van der Waals surface area contributed by atoms with Gasteiger partial charge in [-0.25, -0.2) is 0 Å². The molecule has 1 aromatic carbocycles. The van der Waals surface area contributed by atoms with Crippen molar-refractivity contribution in [2.75, 3.05) is 7.05 Å². The number of nitrogens with zero attached hydrogens (tertiary/aromatic N) is 1. The van der Waals surface area contributed by atoms with Gasteiger partial charge in [0.1, 0.15) is 0 Å². The Morgan fingerprint density at radius 3 is 3.00 bits per heavy atom. The number of hydrogen-bond donors (Lipinski definition) is 0. The molecule has 0 spiro atoms. The summed E-state index contributed by atoms with van der Waals surface area (Å²) in [5.41, 5.74) is 2.71. The molecule has 1 aliphatic carbocycles. The number of aryl methyl sites for hydroxylation is 1. The van der Waals surface area contributed by atoms with Crippen LogP contribution in [0.4, 0.5) is 0 Å². The number of rotatable bonds is 2. The normalized spacial score (nSPS) is 19.6. The van der Waals surface area contributed by atoms with E-state index in [1.807, 2.05) is 13.1 Å². The van der Waals surface area contributed by atoms with Crippen LogP contribution in [0.5, 0.6) is 0 Å². The van der Waals surface area contributed by atoms with Gasteiger partial charge < -0.3 is 4.90 Å². The fourth-order valence-electron chi connectivity index (χ4n) is 2.03. The molecule has 0 N–H and O–H groups in total. The van der Waals surface area contributed by atoms with Crippen LogP contribution in [-0.4, -0.2) is 18.4 Å². The topological polar surface area (TPSA) is 20.3 Å². The molecule has 2 nitrogen and oxygen atoms in total. The lowest BCUT2D eigenvalue weighted by molar-refractivity contribution is -0.118. The van der Waals surface area contributed by atoms with Gasteiger partial charge in [-0.1, -0.05) is 24.3 Å². The minimum atomic E-state index is 0.300. The van der Waals surface area contributed by atoms with Crippen LogP contribution in [0.1, 0.15) is 23.6 Å². The summed E-state index contributed by atoms with van der Waals surface area (Å²) in [4.78, 5) is 12.4. The van der Waals surface area contributed by atoms with Crippen molar-refractivity contribution >= 4 is 6.41 Å². The van der Waals surface area contributed by atoms with E-state index in [9.17, 15) is 4.79 Å². The maximum absolute atomic E-state index is 10.6. The van der Waals surface area contributed by atoms with E-state index in [2.05, 4.69) is 18.2 Å². The van der Waals surface area contributed by atoms with Crippen LogP contribution in [0.3, 0.4) is 0 Å². The fourth-order valence-corrected chi connectivity index (χ4v) is 2.03. The van der Waals surface area contributed by atoms with Gasteiger partial charge in [-0.2, -0.15) is 0 Å². The molecule has 0 unspecified atom stereocenters. The maximum Gasteiger partial charge on any atom is 0.209 e. The summed E-state index contributed by atoms with van der Waals surface area (Å²) in [6.07, 6.45) is 3.07. The molecule has 0 bridgehead atoms. The average Bonchev–Trinajstić information content (AvgIpc) is 2.60. The third-order valence-corrected chi connectivity index (χ3v) is 2.76. The smallest absolute Gasteiger partial charge is 0.209 e. The average molecular weight is 175 g/mol. The SMILES string of the molecule is CN(C=O)[C@@H]1CCc2ccccc21.